The van der Waals surface area contributed by atoms with Gasteiger partial charge in [-0.05, 0) is 30.4 Å². The Bertz CT molecular complexity index is 815. The van der Waals surface area contributed by atoms with Crippen LogP contribution in [0.4, 0.5) is 0 Å². The van der Waals surface area contributed by atoms with E-state index in [0.29, 0.717) is 6.42 Å². The Hall–Kier alpha value is -1.70. The van der Waals surface area contributed by atoms with Crippen LogP contribution in [0.5, 0.6) is 0 Å². The molecular weight excluding hydrogens is 356 g/mol. The van der Waals surface area contributed by atoms with Gasteiger partial charge in [0.05, 0.1) is 24.1 Å². The topological polar surface area (TPSA) is 75.3 Å². The number of hydrogen-bond donors (Lipinski definition) is 2. The number of benzene rings is 1. The van der Waals surface area contributed by atoms with Crippen molar-refractivity contribution in [2.75, 3.05) is 18.1 Å². The van der Waals surface area contributed by atoms with Crippen LogP contribution in [-0.2, 0) is 14.6 Å². The Morgan fingerprint density at radius 2 is 2.04 bits per heavy atom. The first-order chi connectivity index (χ1) is 11.9. The maximum Gasteiger partial charge on any atom is 0.234 e. The standard InChI is InChI=1S/C18H22N2O3S2/c1-13-4-6-14(7-5-13)18(16-3-2-9-24-16)19-11-17(21)20-15-8-10-25(22,23)12-15/h2-7,9,15,18-19H,8,10-12H2,1H3,(H,20,21)/t15-,18-/m0/s1. The normalized spacial score (nSPS) is 20.3. The van der Waals surface area contributed by atoms with Gasteiger partial charge in [-0.25, -0.2) is 8.42 Å². The van der Waals surface area contributed by atoms with Crippen molar-refractivity contribution in [2.45, 2.75) is 25.4 Å². The summed E-state index contributed by atoms with van der Waals surface area (Å²) in [5.74, 6) is 0.0354. The minimum atomic E-state index is -2.99. The van der Waals surface area contributed by atoms with Crippen molar-refractivity contribution in [2.24, 2.45) is 0 Å². The molecule has 0 aliphatic carbocycles. The Balaban J connectivity index is 1.63. The first-order valence-electron chi connectivity index (χ1n) is 8.26. The van der Waals surface area contributed by atoms with Crippen molar-refractivity contribution in [3.63, 3.8) is 0 Å². The molecule has 2 aromatic rings. The number of sulfone groups is 1. The van der Waals surface area contributed by atoms with E-state index in [2.05, 4.69) is 34.9 Å². The summed E-state index contributed by atoms with van der Waals surface area (Å²) in [6.07, 6.45) is 0.500. The van der Waals surface area contributed by atoms with Crippen LogP contribution in [0.3, 0.4) is 0 Å². The first-order valence-corrected chi connectivity index (χ1v) is 11.0. The first kappa shape index (κ1) is 18.1. The second-order valence-electron chi connectivity index (χ2n) is 6.41. The van der Waals surface area contributed by atoms with Crippen LogP contribution in [0.15, 0.2) is 41.8 Å². The lowest BCUT2D eigenvalue weighted by atomic mass is 10.0. The summed E-state index contributed by atoms with van der Waals surface area (Å²) >= 11 is 1.64. The highest BCUT2D eigenvalue weighted by Crippen LogP contribution is 2.26. The zero-order valence-electron chi connectivity index (χ0n) is 14.1. The molecule has 134 valence electrons. The number of carbonyl (C=O) groups is 1. The Morgan fingerprint density at radius 1 is 1.28 bits per heavy atom. The van der Waals surface area contributed by atoms with Crippen LogP contribution in [0, 0.1) is 6.92 Å². The van der Waals surface area contributed by atoms with Crippen LogP contribution in [-0.4, -0.2) is 38.4 Å². The fourth-order valence-electron chi connectivity index (χ4n) is 2.98. The van der Waals surface area contributed by atoms with Crippen molar-refractivity contribution in [3.05, 3.63) is 57.8 Å². The smallest absolute Gasteiger partial charge is 0.234 e. The lowest BCUT2D eigenvalue weighted by Crippen LogP contribution is -2.41. The Morgan fingerprint density at radius 3 is 2.64 bits per heavy atom. The second kappa shape index (κ2) is 7.68. The summed E-state index contributed by atoms with van der Waals surface area (Å²) in [7, 11) is -2.99. The van der Waals surface area contributed by atoms with Crippen molar-refractivity contribution < 1.29 is 13.2 Å². The van der Waals surface area contributed by atoms with Crippen molar-refractivity contribution in [1.29, 1.82) is 0 Å². The molecule has 0 unspecified atom stereocenters. The summed E-state index contributed by atoms with van der Waals surface area (Å²) in [6, 6.07) is 12.0. The van der Waals surface area contributed by atoms with E-state index >= 15 is 0 Å². The molecule has 1 amide bonds. The molecule has 2 N–H and O–H groups in total. The Labute approximate surface area is 152 Å². The molecule has 0 bridgehead atoms. The molecule has 0 saturated carbocycles. The molecule has 1 aliphatic heterocycles. The van der Waals surface area contributed by atoms with Gasteiger partial charge < -0.3 is 5.32 Å². The molecule has 5 nitrogen and oxygen atoms in total. The highest BCUT2D eigenvalue weighted by molar-refractivity contribution is 7.91. The van der Waals surface area contributed by atoms with Crippen LogP contribution < -0.4 is 10.6 Å². The highest BCUT2D eigenvalue weighted by Gasteiger charge is 2.29. The zero-order valence-corrected chi connectivity index (χ0v) is 15.7. The number of thiophene rings is 1. The molecule has 1 aliphatic rings. The van der Waals surface area contributed by atoms with E-state index in [1.807, 2.05) is 24.4 Å². The minimum Gasteiger partial charge on any atom is -0.351 e. The molecule has 1 saturated heterocycles. The number of amides is 1. The van der Waals surface area contributed by atoms with Gasteiger partial charge in [0.25, 0.3) is 0 Å². The number of rotatable bonds is 6. The summed E-state index contributed by atoms with van der Waals surface area (Å²) in [5, 5.41) is 8.14. The molecule has 2 atom stereocenters. The van der Waals surface area contributed by atoms with E-state index < -0.39 is 9.84 Å². The molecule has 3 rings (SSSR count). The average molecular weight is 379 g/mol. The van der Waals surface area contributed by atoms with Crippen LogP contribution in [0.1, 0.15) is 28.5 Å². The number of aryl methyl sites for hydroxylation is 1. The van der Waals surface area contributed by atoms with Crippen molar-refractivity contribution in [1.82, 2.24) is 10.6 Å². The highest BCUT2D eigenvalue weighted by atomic mass is 32.2. The third kappa shape index (κ3) is 4.90. The zero-order chi connectivity index (χ0) is 17.9. The number of nitrogens with one attached hydrogen (secondary N) is 2. The van der Waals surface area contributed by atoms with Gasteiger partial charge in [0.1, 0.15) is 0 Å². The van der Waals surface area contributed by atoms with E-state index in [1.165, 1.54) is 5.56 Å². The fraction of sp³-hybridized carbons (Fsp3) is 0.389. The molecule has 1 aromatic carbocycles. The van der Waals surface area contributed by atoms with E-state index in [0.717, 1.165) is 10.4 Å². The quantitative estimate of drug-likeness (QED) is 0.807. The van der Waals surface area contributed by atoms with Crippen molar-refractivity contribution in [3.8, 4) is 0 Å². The second-order valence-corrected chi connectivity index (χ2v) is 9.62. The molecular formula is C18H22N2O3S2. The maximum absolute atomic E-state index is 12.2. The fourth-order valence-corrected chi connectivity index (χ4v) is 5.48. The third-order valence-electron chi connectivity index (χ3n) is 4.30. The lowest BCUT2D eigenvalue weighted by Gasteiger charge is -2.19. The summed E-state index contributed by atoms with van der Waals surface area (Å²) in [5.41, 5.74) is 2.29. The van der Waals surface area contributed by atoms with E-state index in [4.69, 9.17) is 0 Å². The van der Waals surface area contributed by atoms with Gasteiger partial charge in [0, 0.05) is 10.9 Å². The minimum absolute atomic E-state index is 0.0467. The lowest BCUT2D eigenvalue weighted by molar-refractivity contribution is -0.120. The maximum atomic E-state index is 12.2. The van der Waals surface area contributed by atoms with Gasteiger partial charge in [-0.2, -0.15) is 0 Å². The van der Waals surface area contributed by atoms with Crippen LogP contribution in [0.2, 0.25) is 0 Å². The van der Waals surface area contributed by atoms with E-state index in [9.17, 15) is 13.2 Å². The number of carbonyl (C=O) groups excluding carboxylic acids is 1. The molecule has 1 fully saturated rings. The Kier molecular flexibility index (Phi) is 5.56. The molecule has 2 heterocycles. The average Bonchev–Trinajstić information content (AvgIpc) is 3.19. The number of hydrogen-bond acceptors (Lipinski definition) is 5. The predicted octanol–water partition coefficient (Wildman–Crippen LogP) is 2.04. The third-order valence-corrected chi connectivity index (χ3v) is 7.01. The predicted molar refractivity (Wildman–Crippen MR) is 101 cm³/mol. The molecule has 7 heteroatoms. The van der Waals surface area contributed by atoms with Crippen LogP contribution >= 0.6 is 11.3 Å². The van der Waals surface area contributed by atoms with Gasteiger partial charge in [0.2, 0.25) is 5.91 Å². The van der Waals surface area contributed by atoms with Crippen LogP contribution in [0.25, 0.3) is 0 Å². The molecule has 1 aromatic heterocycles. The van der Waals surface area contributed by atoms with Gasteiger partial charge in [0.15, 0.2) is 9.84 Å². The summed E-state index contributed by atoms with van der Waals surface area (Å²) in [6.45, 7) is 2.19. The van der Waals surface area contributed by atoms with E-state index in [1.54, 1.807) is 11.3 Å². The summed E-state index contributed by atoms with van der Waals surface area (Å²) < 4.78 is 23.0. The van der Waals surface area contributed by atoms with Gasteiger partial charge in [-0.15, -0.1) is 11.3 Å². The van der Waals surface area contributed by atoms with Gasteiger partial charge in [-0.3, -0.25) is 10.1 Å². The molecule has 0 radical (unpaired) electrons. The largest absolute Gasteiger partial charge is 0.351 e. The monoisotopic (exact) mass is 378 g/mol. The summed E-state index contributed by atoms with van der Waals surface area (Å²) in [4.78, 5) is 13.3. The van der Waals surface area contributed by atoms with Crippen molar-refractivity contribution >= 4 is 27.1 Å². The molecule has 0 spiro atoms. The van der Waals surface area contributed by atoms with Gasteiger partial charge >= 0.3 is 0 Å². The van der Waals surface area contributed by atoms with Gasteiger partial charge in [-0.1, -0.05) is 35.9 Å². The van der Waals surface area contributed by atoms with E-state index in [-0.39, 0.29) is 36.0 Å². The molecule has 25 heavy (non-hydrogen) atoms. The SMILES string of the molecule is Cc1ccc([C@H](NCC(=O)N[C@H]2CCS(=O)(=O)C2)c2cccs2)cc1.